The maximum Gasteiger partial charge on any atom is 0.314 e. The number of halogens is 2. The molecule has 2 amide bonds. The van der Waals surface area contributed by atoms with Gasteiger partial charge in [-0.1, -0.05) is 50.1 Å². The van der Waals surface area contributed by atoms with Gasteiger partial charge in [0.1, 0.15) is 5.65 Å². The molecule has 11 heteroatoms. The van der Waals surface area contributed by atoms with Crippen LogP contribution >= 0.6 is 11.6 Å². The van der Waals surface area contributed by atoms with Gasteiger partial charge in [-0.25, -0.2) is 24.1 Å². The molecule has 3 aromatic heterocycles. The zero-order valence-corrected chi connectivity index (χ0v) is 20.1. The number of nitrogens with one attached hydrogen (secondary N) is 2. The van der Waals surface area contributed by atoms with E-state index in [2.05, 4.69) is 25.3 Å². The number of primary amides is 1. The molecule has 2 fully saturated rings. The highest BCUT2D eigenvalue weighted by atomic mass is 35.5. The first-order valence-corrected chi connectivity index (χ1v) is 11.8. The Labute approximate surface area is 203 Å². The van der Waals surface area contributed by atoms with Crippen LogP contribution in [0.25, 0.3) is 22.4 Å². The number of rotatable bonds is 2. The standard InChI is InChI=1S/C12H9ClFN5.C6H12.C5H10N2O2/c1-15-12-9(14)5-18-11(19-12)8-4-17-10-7(8)2-6(13)3-16-10;1-2-4-6-5-3-1;6-5(8)7-1-3-9-4-2-7/h2-5H,1H3,(H,16,17)(H,15,18,19);1-6H2;1-4H2,(H2,6,8). The molecule has 9 nitrogen and oxygen atoms in total. The number of aromatic nitrogens is 4. The monoisotopic (exact) mass is 491 g/mol. The van der Waals surface area contributed by atoms with Gasteiger partial charge in [0, 0.05) is 43.5 Å². The zero-order chi connectivity index (χ0) is 24.3. The second-order valence-electron chi connectivity index (χ2n) is 7.95. The maximum absolute atomic E-state index is 13.4. The Morgan fingerprint density at radius 1 is 1.15 bits per heavy atom. The molecule has 1 aliphatic heterocycles. The fraction of sp³-hybridized carbons (Fsp3) is 0.478. The Morgan fingerprint density at radius 2 is 1.79 bits per heavy atom. The van der Waals surface area contributed by atoms with Gasteiger partial charge in [-0.3, -0.25) is 0 Å². The summed E-state index contributed by atoms with van der Waals surface area (Å²) in [7, 11) is 1.60. The first-order chi connectivity index (χ1) is 16.5. The number of carbonyl (C=O) groups is 1. The van der Waals surface area contributed by atoms with E-state index in [4.69, 9.17) is 22.1 Å². The summed E-state index contributed by atoms with van der Waals surface area (Å²) >= 11 is 5.93. The van der Waals surface area contributed by atoms with Crippen molar-refractivity contribution < 1.29 is 13.9 Å². The number of nitrogens with zero attached hydrogens (tertiary/aromatic N) is 4. The third-order valence-corrected chi connectivity index (χ3v) is 5.75. The van der Waals surface area contributed by atoms with E-state index in [1.807, 2.05) is 0 Å². The Kier molecular flexibility index (Phi) is 9.84. The van der Waals surface area contributed by atoms with Gasteiger partial charge >= 0.3 is 6.03 Å². The number of hydrogen-bond acceptors (Lipinski definition) is 6. The van der Waals surface area contributed by atoms with Crippen molar-refractivity contribution in [3.8, 4) is 11.4 Å². The van der Waals surface area contributed by atoms with E-state index in [9.17, 15) is 9.18 Å². The van der Waals surface area contributed by atoms with Gasteiger partial charge in [-0.2, -0.15) is 0 Å². The molecule has 2 aliphatic rings. The second-order valence-corrected chi connectivity index (χ2v) is 8.39. The first kappa shape index (κ1) is 25.6. The molecule has 4 heterocycles. The molecule has 184 valence electrons. The molecule has 0 spiro atoms. The maximum atomic E-state index is 13.4. The number of fused-ring (bicyclic) bond motifs is 1. The Balaban J connectivity index is 0.000000178. The Morgan fingerprint density at radius 3 is 2.35 bits per heavy atom. The number of aromatic amines is 1. The molecular formula is C23H31ClFN7O2. The minimum Gasteiger partial charge on any atom is -0.378 e. The number of morpholine rings is 1. The fourth-order valence-corrected chi connectivity index (χ4v) is 3.84. The SMILES string of the molecule is C1CCCCC1.CNc1nc(-c2c[nH]c3ncc(Cl)cc23)ncc1F.NC(=O)N1CCOCC1. The predicted molar refractivity (Wildman–Crippen MR) is 131 cm³/mol. The molecule has 1 aliphatic carbocycles. The average molecular weight is 492 g/mol. The van der Waals surface area contributed by atoms with Gasteiger partial charge in [-0.15, -0.1) is 0 Å². The highest BCUT2D eigenvalue weighted by Gasteiger charge is 2.13. The molecule has 0 atom stereocenters. The van der Waals surface area contributed by atoms with Crippen molar-refractivity contribution >= 4 is 34.5 Å². The second kappa shape index (κ2) is 13.0. The smallest absolute Gasteiger partial charge is 0.314 e. The summed E-state index contributed by atoms with van der Waals surface area (Å²) < 4.78 is 18.4. The van der Waals surface area contributed by atoms with Gasteiger partial charge in [0.2, 0.25) is 0 Å². The molecule has 0 unspecified atom stereocenters. The van der Waals surface area contributed by atoms with Crippen molar-refractivity contribution in [3.05, 3.63) is 35.5 Å². The van der Waals surface area contributed by atoms with Crippen LogP contribution in [0.5, 0.6) is 0 Å². The molecule has 3 aromatic rings. The molecular weight excluding hydrogens is 461 g/mol. The van der Waals surface area contributed by atoms with Crippen LogP contribution in [0, 0.1) is 5.82 Å². The van der Waals surface area contributed by atoms with Crippen molar-refractivity contribution in [2.24, 2.45) is 5.73 Å². The topological polar surface area (TPSA) is 122 Å². The van der Waals surface area contributed by atoms with Crippen LogP contribution in [-0.4, -0.2) is 64.2 Å². The van der Waals surface area contributed by atoms with E-state index in [1.165, 1.54) is 38.5 Å². The van der Waals surface area contributed by atoms with Crippen LogP contribution in [0.1, 0.15) is 38.5 Å². The molecule has 1 saturated carbocycles. The highest BCUT2D eigenvalue weighted by molar-refractivity contribution is 6.31. The summed E-state index contributed by atoms with van der Waals surface area (Å²) in [6.07, 6.45) is 13.4. The van der Waals surface area contributed by atoms with E-state index >= 15 is 0 Å². The number of urea groups is 1. The Hall–Kier alpha value is -2.98. The number of hydrogen-bond donors (Lipinski definition) is 3. The highest BCUT2D eigenvalue weighted by Crippen LogP contribution is 2.27. The van der Waals surface area contributed by atoms with Crippen molar-refractivity contribution in [2.75, 3.05) is 38.7 Å². The molecule has 5 rings (SSSR count). The number of carbonyl (C=O) groups excluding carboxylic acids is 1. The minimum atomic E-state index is -0.498. The van der Waals surface area contributed by atoms with Gasteiger partial charge in [0.05, 0.1) is 24.4 Å². The molecule has 4 N–H and O–H groups in total. The van der Waals surface area contributed by atoms with E-state index in [0.717, 1.165) is 17.1 Å². The molecule has 0 radical (unpaired) electrons. The van der Waals surface area contributed by atoms with Crippen LogP contribution < -0.4 is 11.1 Å². The van der Waals surface area contributed by atoms with Crippen molar-refractivity contribution in [1.29, 1.82) is 0 Å². The van der Waals surface area contributed by atoms with Crippen molar-refractivity contribution in [1.82, 2.24) is 24.8 Å². The minimum absolute atomic E-state index is 0.148. The lowest BCUT2D eigenvalue weighted by molar-refractivity contribution is 0.0554. The van der Waals surface area contributed by atoms with Crippen LogP contribution in [0.2, 0.25) is 5.02 Å². The van der Waals surface area contributed by atoms with Gasteiger partial charge in [0.15, 0.2) is 17.5 Å². The predicted octanol–water partition coefficient (Wildman–Crippen LogP) is 4.59. The lowest BCUT2D eigenvalue weighted by Crippen LogP contribution is -2.43. The summed E-state index contributed by atoms with van der Waals surface area (Å²) in [6.45, 7) is 2.50. The normalized spacial score (nSPS) is 15.6. The summed E-state index contributed by atoms with van der Waals surface area (Å²) in [4.78, 5) is 27.3. The zero-order valence-electron chi connectivity index (χ0n) is 19.3. The van der Waals surface area contributed by atoms with Gasteiger partial charge < -0.3 is 25.7 Å². The number of anilines is 1. The number of nitrogens with two attached hydrogens (primary N) is 1. The average Bonchev–Trinajstić information content (AvgIpc) is 3.30. The Bertz CT molecular complexity index is 1060. The lowest BCUT2D eigenvalue weighted by atomic mass is 10.0. The summed E-state index contributed by atoms with van der Waals surface area (Å²) in [5.74, 6) is 0.0534. The summed E-state index contributed by atoms with van der Waals surface area (Å²) in [5.41, 5.74) is 6.40. The summed E-state index contributed by atoms with van der Waals surface area (Å²) in [5, 5.41) is 3.99. The summed E-state index contributed by atoms with van der Waals surface area (Å²) in [6, 6.07) is 1.42. The largest absolute Gasteiger partial charge is 0.378 e. The van der Waals surface area contributed by atoms with E-state index in [-0.39, 0.29) is 11.8 Å². The van der Waals surface area contributed by atoms with Crippen LogP contribution in [0.15, 0.2) is 24.7 Å². The van der Waals surface area contributed by atoms with Crippen molar-refractivity contribution in [2.45, 2.75) is 38.5 Å². The number of pyridine rings is 1. The van der Waals surface area contributed by atoms with E-state index in [0.29, 0.717) is 42.8 Å². The number of ether oxygens (including phenoxy) is 1. The van der Waals surface area contributed by atoms with E-state index in [1.54, 1.807) is 30.4 Å². The van der Waals surface area contributed by atoms with Crippen LogP contribution in [0.3, 0.4) is 0 Å². The van der Waals surface area contributed by atoms with Gasteiger partial charge in [0.25, 0.3) is 0 Å². The molecule has 1 saturated heterocycles. The van der Waals surface area contributed by atoms with Crippen LogP contribution in [0.4, 0.5) is 15.0 Å². The van der Waals surface area contributed by atoms with E-state index < -0.39 is 5.82 Å². The van der Waals surface area contributed by atoms with Crippen LogP contribution in [-0.2, 0) is 4.74 Å². The fourth-order valence-electron chi connectivity index (χ4n) is 3.68. The third kappa shape index (κ3) is 7.26. The lowest BCUT2D eigenvalue weighted by Gasteiger charge is -2.24. The molecule has 34 heavy (non-hydrogen) atoms. The van der Waals surface area contributed by atoms with Gasteiger partial charge in [-0.05, 0) is 6.07 Å². The number of amides is 2. The molecule has 0 aromatic carbocycles. The van der Waals surface area contributed by atoms with Crippen molar-refractivity contribution in [3.63, 3.8) is 0 Å². The third-order valence-electron chi connectivity index (χ3n) is 5.54. The quantitative estimate of drug-likeness (QED) is 0.481. The first-order valence-electron chi connectivity index (χ1n) is 11.4. The molecule has 0 bridgehead atoms. The number of H-pyrrole nitrogens is 1.